The smallest absolute Gasteiger partial charge is 0.358 e. The van der Waals surface area contributed by atoms with Gasteiger partial charge in [-0.3, -0.25) is 0 Å². The Labute approximate surface area is 208 Å². The fourth-order valence-corrected chi connectivity index (χ4v) is 5.27. The van der Waals surface area contributed by atoms with Gasteiger partial charge in [0.05, 0.1) is 5.39 Å². The van der Waals surface area contributed by atoms with Crippen molar-refractivity contribution in [1.29, 1.82) is 0 Å². The van der Waals surface area contributed by atoms with Crippen LogP contribution in [-0.4, -0.2) is 38.8 Å². The lowest BCUT2D eigenvalue weighted by Gasteiger charge is -2.34. The Hall–Kier alpha value is -4.39. The highest BCUT2D eigenvalue weighted by molar-refractivity contribution is 6.10. The lowest BCUT2D eigenvalue weighted by Crippen LogP contribution is -2.33. The maximum atomic E-state index is 12.4. The molecular formula is C29H26N4O3. The van der Waals surface area contributed by atoms with Crippen LogP contribution in [-0.2, 0) is 6.61 Å². The Balaban J connectivity index is 1.42. The molecule has 0 amide bonds. The zero-order chi connectivity index (χ0) is 24.5. The fourth-order valence-electron chi connectivity index (χ4n) is 5.27. The first-order chi connectivity index (χ1) is 17.7. The van der Waals surface area contributed by atoms with E-state index in [4.69, 9.17) is 4.74 Å². The standard InChI is InChI=1S/C29H26N4O3/c34-29(35)26-27(36-18-20-8-3-1-4-9-20)23-12-7-13-24(25(23)28-30-19-31-33(26)28)32-16-14-22(15-17-32)21-10-5-2-6-11-21/h1-13,19,22H,14-18H2,(H,34,35). The van der Waals surface area contributed by atoms with Crippen LogP contribution in [0.1, 0.15) is 40.4 Å². The number of ether oxygens (including phenoxy) is 1. The third-order valence-electron chi connectivity index (χ3n) is 7.02. The van der Waals surface area contributed by atoms with Gasteiger partial charge < -0.3 is 14.7 Å². The number of carboxylic acids is 1. The van der Waals surface area contributed by atoms with Gasteiger partial charge in [0.25, 0.3) is 0 Å². The number of anilines is 1. The van der Waals surface area contributed by atoms with Crippen molar-refractivity contribution in [1.82, 2.24) is 14.6 Å². The highest BCUT2D eigenvalue weighted by Crippen LogP contribution is 2.40. The molecule has 1 aliphatic rings. The molecule has 0 radical (unpaired) electrons. The van der Waals surface area contributed by atoms with E-state index in [-0.39, 0.29) is 12.3 Å². The predicted octanol–water partition coefficient (Wildman–Crippen LogP) is 5.54. The van der Waals surface area contributed by atoms with Crippen LogP contribution in [0, 0.1) is 0 Å². The van der Waals surface area contributed by atoms with Crippen molar-refractivity contribution < 1.29 is 14.6 Å². The molecule has 180 valence electrons. The molecule has 7 heteroatoms. The summed E-state index contributed by atoms with van der Waals surface area (Å²) in [6.45, 7) is 2.06. The Morgan fingerprint density at radius 3 is 2.39 bits per heavy atom. The van der Waals surface area contributed by atoms with E-state index >= 15 is 0 Å². The minimum atomic E-state index is -1.11. The lowest BCUT2D eigenvalue weighted by atomic mass is 9.89. The molecule has 1 fully saturated rings. The summed E-state index contributed by atoms with van der Waals surface area (Å²) in [4.78, 5) is 19.2. The summed E-state index contributed by atoms with van der Waals surface area (Å²) < 4.78 is 7.60. The van der Waals surface area contributed by atoms with E-state index < -0.39 is 5.97 Å². The van der Waals surface area contributed by atoms with Crippen LogP contribution in [0.2, 0.25) is 0 Å². The van der Waals surface area contributed by atoms with Crippen LogP contribution in [0.5, 0.6) is 5.75 Å². The third-order valence-corrected chi connectivity index (χ3v) is 7.02. The van der Waals surface area contributed by atoms with Gasteiger partial charge in [-0.25, -0.2) is 14.3 Å². The molecule has 36 heavy (non-hydrogen) atoms. The fraction of sp³-hybridized carbons (Fsp3) is 0.207. The van der Waals surface area contributed by atoms with Crippen molar-refractivity contribution in [2.45, 2.75) is 25.4 Å². The number of piperidine rings is 1. The molecule has 3 aromatic carbocycles. The second-order valence-electron chi connectivity index (χ2n) is 9.12. The largest absolute Gasteiger partial charge is 0.486 e. The van der Waals surface area contributed by atoms with Gasteiger partial charge in [0.2, 0.25) is 0 Å². The van der Waals surface area contributed by atoms with Gasteiger partial charge in [-0.1, -0.05) is 72.8 Å². The molecule has 1 N–H and O–H groups in total. The molecule has 3 heterocycles. The molecule has 0 bridgehead atoms. The van der Waals surface area contributed by atoms with Crippen molar-refractivity contribution in [2.24, 2.45) is 0 Å². The van der Waals surface area contributed by atoms with Crippen LogP contribution in [0.3, 0.4) is 0 Å². The molecule has 0 atom stereocenters. The molecule has 5 aromatic rings. The summed E-state index contributed by atoms with van der Waals surface area (Å²) in [5, 5.41) is 16.0. The second-order valence-corrected chi connectivity index (χ2v) is 9.12. The summed E-state index contributed by atoms with van der Waals surface area (Å²) in [5.74, 6) is -0.265. The highest BCUT2D eigenvalue weighted by Gasteiger charge is 2.27. The molecule has 7 nitrogen and oxygen atoms in total. The number of carboxylic acid groups (broad SMARTS) is 1. The van der Waals surface area contributed by atoms with Gasteiger partial charge in [-0.2, -0.15) is 5.10 Å². The molecule has 0 aliphatic carbocycles. The van der Waals surface area contributed by atoms with Crippen molar-refractivity contribution in [3.05, 3.63) is 102 Å². The van der Waals surface area contributed by atoms with Gasteiger partial charge in [-0.05, 0) is 36.0 Å². The topological polar surface area (TPSA) is 80.0 Å². The Morgan fingerprint density at radius 1 is 0.944 bits per heavy atom. The zero-order valence-corrected chi connectivity index (χ0v) is 19.7. The van der Waals surface area contributed by atoms with Crippen molar-refractivity contribution in [2.75, 3.05) is 18.0 Å². The van der Waals surface area contributed by atoms with Gasteiger partial charge in [0.1, 0.15) is 12.9 Å². The summed E-state index contributed by atoms with van der Waals surface area (Å²) in [7, 11) is 0. The Kier molecular flexibility index (Phi) is 5.73. The molecule has 1 aliphatic heterocycles. The zero-order valence-electron chi connectivity index (χ0n) is 19.7. The number of benzene rings is 3. The number of aromatic carboxylic acids is 1. The minimum absolute atomic E-state index is 0.0223. The second kappa shape index (κ2) is 9.34. The van der Waals surface area contributed by atoms with Gasteiger partial charge >= 0.3 is 5.97 Å². The maximum absolute atomic E-state index is 12.4. The van der Waals surface area contributed by atoms with E-state index in [1.165, 1.54) is 16.4 Å². The van der Waals surface area contributed by atoms with Gasteiger partial charge in [0, 0.05) is 24.2 Å². The van der Waals surface area contributed by atoms with E-state index in [0.29, 0.717) is 17.3 Å². The maximum Gasteiger partial charge on any atom is 0.358 e. The van der Waals surface area contributed by atoms with Crippen LogP contribution < -0.4 is 9.64 Å². The van der Waals surface area contributed by atoms with E-state index in [1.54, 1.807) is 0 Å². The Morgan fingerprint density at radius 2 is 1.67 bits per heavy atom. The van der Waals surface area contributed by atoms with Crippen LogP contribution >= 0.6 is 0 Å². The third kappa shape index (κ3) is 3.92. The monoisotopic (exact) mass is 478 g/mol. The molecule has 2 aromatic heterocycles. The van der Waals surface area contributed by atoms with Crippen LogP contribution in [0.15, 0.2) is 85.2 Å². The van der Waals surface area contributed by atoms with Crippen LogP contribution in [0.25, 0.3) is 16.4 Å². The molecular weight excluding hydrogens is 452 g/mol. The molecule has 0 saturated carbocycles. The first-order valence-corrected chi connectivity index (χ1v) is 12.2. The van der Waals surface area contributed by atoms with Crippen molar-refractivity contribution in [3.8, 4) is 5.75 Å². The van der Waals surface area contributed by atoms with Crippen molar-refractivity contribution >= 4 is 28.1 Å². The SMILES string of the molecule is O=C(O)c1c(OCc2ccccc2)c2cccc(N3CCC(c4ccccc4)CC3)c2c2ncnn12. The predicted molar refractivity (Wildman–Crippen MR) is 139 cm³/mol. The van der Waals surface area contributed by atoms with Gasteiger partial charge in [-0.15, -0.1) is 0 Å². The number of hydrogen-bond acceptors (Lipinski definition) is 5. The number of fused-ring (bicyclic) bond motifs is 3. The number of aromatic nitrogens is 3. The molecule has 6 rings (SSSR count). The molecule has 0 unspecified atom stereocenters. The quantitative estimate of drug-likeness (QED) is 0.345. The number of nitrogens with zero attached hydrogens (tertiary/aromatic N) is 4. The average Bonchev–Trinajstić information content (AvgIpc) is 3.42. The molecule has 1 saturated heterocycles. The first-order valence-electron chi connectivity index (χ1n) is 12.2. The van der Waals surface area contributed by atoms with E-state index in [9.17, 15) is 9.90 Å². The molecule has 0 spiro atoms. The number of carbonyl (C=O) groups is 1. The van der Waals surface area contributed by atoms with E-state index in [2.05, 4.69) is 51.4 Å². The number of rotatable bonds is 6. The minimum Gasteiger partial charge on any atom is -0.486 e. The van der Waals surface area contributed by atoms with Crippen LogP contribution in [0.4, 0.5) is 5.69 Å². The van der Waals surface area contributed by atoms with E-state index in [1.807, 2.05) is 42.5 Å². The number of pyridine rings is 1. The summed E-state index contributed by atoms with van der Waals surface area (Å²) in [5.41, 5.74) is 3.87. The summed E-state index contributed by atoms with van der Waals surface area (Å²) >= 11 is 0. The normalized spacial score (nSPS) is 14.4. The highest BCUT2D eigenvalue weighted by atomic mass is 16.5. The number of hydrogen-bond donors (Lipinski definition) is 1. The van der Waals surface area contributed by atoms with Crippen molar-refractivity contribution in [3.63, 3.8) is 0 Å². The first kappa shape index (κ1) is 22.1. The lowest BCUT2D eigenvalue weighted by molar-refractivity contribution is 0.0682. The van der Waals surface area contributed by atoms with E-state index in [0.717, 1.165) is 48.0 Å². The summed E-state index contributed by atoms with van der Waals surface area (Å²) in [6.07, 6.45) is 3.50. The van der Waals surface area contributed by atoms with Gasteiger partial charge in [0.15, 0.2) is 17.1 Å². The average molecular weight is 479 g/mol. The summed E-state index contributed by atoms with van der Waals surface area (Å²) in [6, 6.07) is 26.4. The Bertz CT molecular complexity index is 1520.